The fourth-order valence-corrected chi connectivity index (χ4v) is 28.6. The molecule has 0 bridgehead atoms. The zero-order valence-electron chi connectivity index (χ0n) is 22.9. The maximum atomic E-state index is 10.8. The number of carbonyl (C=O) groups is 4. The van der Waals surface area contributed by atoms with Crippen molar-refractivity contribution in [3.63, 3.8) is 0 Å². The van der Waals surface area contributed by atoms with Gasteiger partial charge in [-0.1, -0.05) is 25.7 Å². The summed E-state index contributed by atoms with van der Waals surface area (Å²) in [6.07, 6.45) is 12.6. The molecule has 1 heterocycles. The summed E-state index contributed by atoms with van der Waals surface area (Å²) in [5.41, 5.74) is 0. The van der Waals surface area contributed by atoms with Crippen LogP contribution in [0.15, 0.2) is 0 Å². The fraction of sp³-hybridized carbons (Fsp3) is 0.833. The molecule has 1 fully saturated rings. The minimum absolute atomic E-state index is 0.532. The van der Waals surface area contributed by atoms with Gasteiger partial charge in [-0.15, -0.1) is 0 Å². The molecule has 0 aromatic heterocycles. The van der Waals surface area contributed by atoms with Crippen LogP contribution in [0.1, 0.15) is 77.0 Å². The lowest BCUT2D eigenvalue weighted by molar-refractivity contribution is -0.108. The molecular formula is C24H48O8Si4. The van der Waals surface area contributed by atoms with E-state index in [1.54, 1.807) is 0 Å². The van der Waals surface area contributed by atoms with Gasteiger partial charge in [-0.05, 0) is 76.0 Å². The monoisotopic (exact) mass is 576 g/mol. The van der Waals surface area contributed by atoms with Crippen molar-refractivity contribution in [2.24, 2.45) is 0 Å². The molecule has 0 atom stereocenters. The van der Waals surface area contributed by atoms with Crippen LogP contribution in [0.4, 0.5) is 0 Å². The Labute approximate surface area is 222 Å². The van der Waals surface area contributed by atoms with E-state index in [1.165, 1.54) is 0 Å². The molecule has 0 amide bonds. The van der Waals surface area contributed by atoms with E-state index >= 15 is 0 Å². The summed E-state index contributed by atoms with van der Waals surface area (Å²) in [6.45, 7) is 8.45. The van der Waals surface area contributed by atoms with Crippen LogP contribution in [0, 0.1) is 0 Å². The first kappa shape index (κ1) is 33.4. The van der Waals surface area contributed by atoms with Gasteiger partial charge in [0.05, 0.1) is 0 Å². The molecule has 1 aliphatic rings. The maximum absolute atomic E-state index is 10.8. The normalized spacial score (nSPS) is 30.8. The minimum atomic E-state index is -2.69. The number of rotatable bonds is 20. The fourth-order valence-electron chi connectivity index (χ4n) is 5.01. The predicted molar refractivity (Wildman–Crippen MR) is 150 cm³/mol. The van der Waals surface area contributed by atoms with Crippen molar-refractivity contribution < 1.29 is 35.6 Å². The van der Waals surface area contributed by atoms with Gasteiger partial charge in [0, 0.05) is 25.7 Å². The summed E-state index contributed by atoms with van der Waals surface area (Å²) >= 11 is 0. The molecule has 12 heteroatoms. The number of hydrogen-bond acceptors (Lipinski definition) is 8. The van der Waals surface area contributed by atoms with E-state index in [1.807, 2.05) is 0 Å². The molecule has 0 saturated carbocycles. The second-order valence-electron chi connectivity index (χ2n) is 10.6. The molecule has 0 spiro atoms. The van der Waals surface area contributed by atoms with Gasteiger partial charge in [0.25, 0.3) is 0 Å². The average molecular weight is 577 g/mol. The molecule has 0 N–H and O–H groups in total. The molecule has 0 aromatic rings. The summed E-state index contributed by atoms with van der Waals surface area (Å²) < 4.78 is 28.0. The van der Waals surface area contributed by atoms with Crippen molar-refractivity contribution in [2.45, 2.75) is 127 Å². The first-order chi connectivity index (χ1) is 17.1. The lowest BCUT2D eigenvalue weighted by Gasteiger charge is -2.50. The quantitative estimate of drug-likeness (QED) is 0.101. The van der Waals surface area contributed by atoms with E-state index in [-0.39, 0.29) is 0 Å². The highest BCUT2D eigenvalue weighted by Crippen LogP contribution is 2.39. The summed E-state index contributed by atoms with van der Waals surface area (Å²) in [7, 11) is -10.8. The van der Waals surface area contributed by atoms with Crippen LogP contribution in [0.25, 0.3) is 0 Å². The third-order valence-corrected chi connectivity index (χ3v) is 25.4. The Bertz CT molecular complexity index is 559. The number of aldehydes is 4. The average Bonchev–Trinajstić information content (AvgIpc) is 2.79. The van der Waals surface area contributed by atoms with Gasteiger partial charge in [-0.3, -0.25) is 0 Å². The van der Waals surface area contributed by atoms with Gasteiger partial charge in [0.1, 0.15) is 25.1 Å². The molecule has 8 nitrogen and oxygen atoms in total. The van der Waals surface area contributed by atoms with Crippen LogP contribution in [0.2, 0.25) is 50.4 Å². The molecule has 0 radical (unpaired) electrons. The molecule has 36 heavy (non-hydrogen) atoms. The van der Waals surface area contributed by atoms with Gasteiger partial charge in [0.2, 0.25) is 0 Å². The highest BCUT2D eigenvalue weighted by atomic mass is 28.5. The Hall–Kier alpha value is -0.612. The first-order valence-corrected chi connectivity index (χ1v) is 23.7. The largest absolute Gasteiger partial charge is 0.416 e. The van der Waals surface area contributed by atoms with E-state index in [9.17, 15) is 19.2 Å². The topological polar surface area (TPSA) is 105 Å². The molecule has 0 aromatic carbocycles. The summed E-state index contributed by atoms with van der Waals surface area (Å²) in [5.74, 6) is 0. The lowest BCUT2D eigenvalue weighted by atomic mass is 10.3. The second-order valence-corrected chi connectivity index (χ2v) is 24.9. The maximum Gasteiger partial charge on any atom is 0.317 e. The summed E-state index contributed by atoms with van der Waals surface area (Å²) in [6, 6.07) is 3.11. The van der Waals surface area contributed by atoms with Crippen LogP contribution in [0.3, 0.4) is 0 Å². The van der Waals surface area contributed by atoms with Gasteiger partial charge in [0.15, 0.2) is 0 Å². The van der Waals surface area contributed by atoms with Gasteiger partial charge < -0.3 is 35.6 Å². The van der Waals surface area contributed by atoms with Crippen LogP contribution in [-0.4, -0.2) is 59.4 Å². The van der Waals surface area contributed by atoms with Crippen molar-refractivity contribution in [3.8, 4) is 0 Å². The smallest absolute Gasteiger partial charge is 0.317 e. The van der Waals surface area contributed by atoms with Crippen molar-refractivity contribution in [1.29, 1.82) is 0 Å². The molecule has 0 unspecified atom stereocenters. The minimum Gasteiger partial charge on any atom is -0.416 e. The van der Waals surface area contributed by atoms with E-state index in [0.717, 1.165) is 101 Å². The van der Waals surface area contributed by atoms with Crippen molar-refractivity contribution >= 4 is 59.4 Å². The summed E-state index contributed by atoms with van der Waals surface area (Å²) in [5, 5.41) is 0. The highest BCUT2D eigenvalue weighted by Gasteiger charge is 2.56. The van der Waals surface area contributed by atoms with Gasteiger partial charge in [-0.25, -0.2) is 0 Å². The van der Waals surface area contributed by atoms with Crippen LogP contribution >= 0.6 is 0 Å². The zero-order chi connectivity index (χ0) is 27.0. The zero-order valence-corrected chi connectivity index (χ0v) is 26.9. The number of hydrogen-bond donors (Lipinski definition) is 0. The molecular weight excluding hydrogens is 529 g/mol. The second kappa shape index (κ2) is 17.1. The number of carbonyl (C=O) groups excluding carboxylic acids is 4. The Kier molecular flexibility index (Phi) is 15.8. The highest BCUT2D eigenvalue weighted by molar-refractivity contribution is 6.93. The predicted octanol–water partition coefficient (Wildman–Crippen LogP) is 5.83. The van der Waals surface area contributed by atoms with Crippen molar-refractivity contribution in [2.75, 3.05) is 0 Å². The van der Waals surface area contributed by atoms with E-state index in [4.69, 9.17) is 16.5 Å². The van der Waals surface area contributed by atoms with Crippen molar-refractivity contribution in [1.82, 2.24) is 0 Å². The molecule has 0 aliphatic carbocycles. The Morgan fingerprint density at radius 3 is 0.750 bits per heavy atom. The Morgan fingerprint density at radius 1 is 0.389 bits per heavy atom. The Balaban J connectivity index is 3.22. The summed E-state index contributed by atoms with van der Waals surface area (Å²) in [4.78, 5) is 43.4. The van der Waals surface area contributed by atoms with Crippen LogP contribution < -0.4 is 0 Å². The molecule has 1 rings (SSSR count). The van der Waals surface area contributed by atoms with Gasteiger partial charge in [-0.2, -0.15) is 0 Å². The van der Waals surface area contributed by atoms with Gasteiger partial charge >= 0.3 is 34.2 Å². The third-order valence-electron chi connectivity index (χ3n) is 6.54. The molecule has 1 saturated heterocycles. The molecule has 1 aliphatic heterocycles. The van der Waals surface area contributed by atoms with Crippen LogP contribution in [0.5, 0.6) is 0 Å². The molecule has 208 valence electrons. The number of unbranched alkanes of at least 4 members (excludes halogenated alkanes) is 8. The lowest BCUT2D eigenvalue weighted by Crippen LogP contribution is -2.67. The SMILES string of the molecule is C[Si]1(CCCCC=O)O[Si](C)(CCCCC=O)O[Si](C)(CCCCC=O)O[Si](C)(CCCCC=O)O1. The first-order valence-electron chi connectivity index (χ1n) is 13.6. The van der Waals surface area contributed by atoms with Crippen molar-refractivity contribution in [3.05, 3.63) is 0 Å². The van der Waals surface area contributed by atoms with Crippen LogP contribution in [-0.2, 0) is 35.6 Å². The van der Waals surface area contributed by atoms with E-state index in [0.29, 0.717) is 25.7 Å². The van der Waals surface area contributed by atoms with E-state index < -0.39 is 34.2 Å². The standard InChI is InChI=1S/C24H48O8Si4/c1-33(21-13-5-9-17-25)29-34(2,22-14-6-10-18-26)31-36(4,24-16-8-12-20-28)32-35(3,30-33)23-15-7-11-19-27/h17-20H,5-16,21-24H2,1-4H3. The Morgan fingerprint density at radius 2 is 0.583 bits per heavy atom. The third kappa shape index (κ3) is 13.3. The van der Waals surface area contributed by atoms with E-state index in [2.05, 4.69) is 26.2 Å².